The number of halogens is 3. The van der Waals surface area contributed by atoms with Crippen molar-refractivity contribution in [3.8, 4) is 16.9 Å². The lowest BCUT2D eigenvalue weighted by molar-refractivity contribution is -0.0498. The summed E-state index contributed by atoms with van der Waals surface area (Å²) in [6, 6.07) is 20.2. The highest BCUT2D eigenvalue weighted by atomic mass is 19.3. The fourth-order valence-corrected chi connectivity index (χ4v) is 3.50. The van der Waals surface area contributed by atoms with Crippen molar-refractivity contribution < 1.29 is 17.9 Å². The highest BCUT2D eigenvalue weighted by molar-refractivity contribution is 5.64. The first-order valence-electron chi connectivity index (χ1n) is 10.5. The van der Waals surface area contributed by atoms with Crippen LogP contribution in [0, 0.1) is 5.82 Å². The molecule has 0 spiro atoms. The number of aryl methyl sites for hydroxylation is 3. The maximum Gasteiger partial charge on any atom is 0.387 e. The van der Waals surface area contributed by atoms with Gasteiger partial charge in [0.2, 0.25) is 0 Å². The Balaban J connectivity index is 1.57. The monoisotopic (exact) mass is 412 g/mol. The van der Waals surface area contributed by atoms with Crippen LogP contribution < -0.4 is 4.74 Å². The Morgan fingerprint density at radius 2 is 1.37 bits per heavy atom. The van der Waals surface area contributed by atoms with Gasteiger partial charge in [-0.1, -0.05) is 68.3 Å². The molecule has 0 heterocycles. The molecule has 0 N–H and O–H groups in total. The molecule has 4 heteroatoms. The molecule has 0 saturated heterocycles. The Morgan fingerprint density at radius 1 is 0.733 bits per heavy atom. The first-order chi connectivity index (χ1) is 14.5. The van der Waals surface area contributed by atoms with Crippen molar-refractivity contribution >= 4 is 0 Å². The Kier molecular flexibility index (Phi) is 7.95. The van der Waals surface area contributed by atoms with E-state index in [2.05, 4.69) is 11.7 Å². The lowest BCUT2D eigenvalue weighted by Crippen LogP contribution is -2.01. The molecule has 0 fully saturated rings. The van der Waals surface area contributed by atoms with E-state index >= 15 is 0 Å². The molecule has 3 rings (SSSR count). The normalized spacial score (nSPS) is 11.1. The minimum absolute atomic E-state index is 0.119. The van der Waals surface area contributed by atoms with E-state index in [4.69, 9.17) is 0 Å². The number of ether oxygens (including phenoxy) is 1. The van der Waals surface area contributed by atoms with E-state index in [1.807, 2.05) is 36.4 Å². The summed E-state index contributed by atoms with van der Waals surface area (Å²) >= 11 is 0. The van der Waals surface area contributed by atoms with Crippen LogP contribution in [-0.4, -0.2) is 6.61 Å². The summed E-state index contributed by atoms with van der Waals surface area (Å²) in [6.07, 6.45) is 5.78. The van der Waals surface area contributed by atoms with Crippen LogP contribution in [0.3, 0.4) is 0 Å². The van der Waals surface area contributed by atoms with Crippen LogP contribution in [0.2, 0.25) is 0 Å². The van der Waals surface area contributed by atoms with Gasteiger partial charge in [-0.05, 0) is 71.7 Å². The van der Waals surface area contributed by atoms with Crippen LogP contribution in [0.15, 0.2) is 66.7 Å². The maximum atomic E-state index is 14.4. The smallest absolute Gasteiger partial charge is 0.387 e. The molecular formula is C26H27F3O. The van der Waals surface area contributed by atoms with E-state index in [0.29, 0.717) is 6.42 Å². The van der Waals surface area contributed by atoms with Crippen LogP contribution in [0.4, 0.5) is 13.2 Å². The SMILES string of the molecule is CCCCCc1ccc(CCc2ccc(-c3ccc(OC(F)F)cc3)cc2)c(F)c1. The van der Waals surface area contributed by atoms with Gasteiger partial charge in [0.25, 0.3) is 0 Å². The lowest BCUT2D eigenvalue weighted by atomic mass is 9.98. The third-order valence-electron chi connectivity index (χ3n) is 5.24. The molecule has 0 aromatic heterocycles. The summed E-state index contributed by atoms with van der Waals surface area (Å²) in [7, 11) is 0. The topological polar surface area (TPSA) is 9.23 Å². The van der Waals surface area contributed by atoms with E-state index in [1.165, 1.54) is 18.6 Å². The van der Waals surface area contributed by atoms with Gasteiger partial charge >= 0.3 is 6.61 Å². The standard InChI is InChI=1S/C26H27F3O/c1-2-3-4-5-20-9-13-23(25(27)18-20)12-8-19-6-10-21(11-7-19)22-14-16-24(17-15-22)30-26(28)29/h6-7,9-11,13-18,26H,2-5,8,12H2,1H3. The number of benzene rings is 3. The lowest BCUT2D eigenvalue weighted by Gasteiger charge is -2.08. The minimum atomic E-state index is -2.82. The highest BCUT2D eigenvalue weighted by Crippen LogP contribution is 2.24. The number of hydrogen-bond donors (Lipinski definition) is 0. The zero-order valence-corrected chi connectivity index (χ0v) is 17.2. The van der Waals surface area contributed by atoms with Gasteiger partial charge in [0.1, 0.15) is 11.6 Å². The second-order valence-corrected chi connectivity index (χ2v) is 7.48. The van der Waals surface area contributed by atoms with Gasteiger partial charge in [-0.25, -0.2) is 4.39 Å². The molecule has 30 heavy (non-hydrogen) atoms. The maximum absolute atomic E-state index is 14.4. The van der Waals surface area contributed by atoms with E-state index in [9.17, 15) is 13.2 Å². The van der Waals surface area contributed by atoms with Crippen molar-refractivity contribution in [2.45, 2.75) is 52.1 Å². The Hall–Kier alpha value is -2.75. The molecule has 3 aromatic carbocycles. The largest absolute Gasteiger partial charge is 0.435 e. The van der Waals surface area contributed by atoms with Crippen LogP contribution >= 0.6 is 0 Å². The van der Waals surface area contributed by atoms with Crippen LogP contribution in [0.25, 0.3) is 11.1 Å². The van der Waals surface area contributed by atoms with Crippen molar-refractivity contribution in [2.75, 3.05) is 0 Å². The summed E-state index contributed by atoms with van der Waals surface area (Å²) in [5.74, 6) is 0.0236. The van der Waals surface area contributed by atoms with E-state index in [-0.39, 0.29) is 11.6 Å². The van der Waals surface area contributed by atoms with Crippen LogP contribution in [0.5, 0.6) is 5.75 Å². The average Bonchev–Trinajstić information content (AvgIpc) is 2.74. The highest BCUT2D eigenvalue weighted by Gasteiger charge is 2.07. The fraction of sp³-hybridized carbons (Fsp3) is 0.308. The molecular weight excluding hydrogens is 385 g/mol. The first-order valence-corrected chi connectivity index (χ1v) is 10.5. The number of hydrogen-bond acceptors (Lipinski definition) is 1. The van der Waals surface area contributed by atoms with Gasteiger partial charge in [0.15, 0.2) is 0 Å². The summed E-state index contributed by atoms with van der Waals surface area (Å²) in [5.41, 5.74) is 4.85. The number of unbranched alkanes of at least 4 members (excludes halogenated alkanes) is 2. The third kappa shape index (κ3) is 6.38. The molecule has 0 bridgehead atoms. The van der Waals surface area contributed by atoms with Gasteiger partial charge in [-0.2, -0.15) is 8.78 Å². The van der Waals surface area contributed by atoms with Crippen molar-refractivity contribution in [3.63, 3.8) is 0 Å². The number of alkyl halides is 2. The number of rotatable bonds is 10. The van der Waals surface area contributed by atoms with E-state index < -0.39 is 6.61 Å². The van der Waals surface area contributed by atoms with Crippen LogP contribution in [-0.2, 0) is 19.3 Å². The predicted octanol–water partition coefficient (Wildman–Crippen LogP) is 7.61. The van der Waals surface area contributed by atoms with E-state index in [0.717, 1.165) is 53.5 Å². The average molecular weight is 412 g/mol. The molecule has 0 unspecified atom stereocenters. The summed E-state index contributed by atoms with van der Waals surface area (Å²) in [6.45, 7) is -0.658. The zero-order valence-electron chi connectivity index (χ0n) is 17.2. The Labute approximate surface area is 176 Å². The van der Waals surface area contributed by atoms with Gasteiger partial charge in [-0.3, -0.25) is 0 Å². The van der Waals surface area contributed by atoms with Gasteiger partial charge in [0.05, 0.1) is 0 Å². The molecule has 3 aromatic rings. The molecule has 0 radical (unpaired) electrons. The van der Waals surface area contributed by atoms with Crippen molar-refractivity contribution in [3.05, 3.63) is 89.2 Å². The summed E-state index contributed by atoms with van der Waals surface area (Å²) < 4.78 is 43.3. The first kappa shape index (κ1) is 21.9. The van der Waals surface area contributed by atoms with Gasteiger partial charge < -0.3 is 4.74 Å². The second-order valence-electron chi connectivity index (χ2n) is 7.48. The Morgan fingerprint density at radius 3 is 1.97 bits per heavy atom. The fourth-order valence-electron chi connectivity index (χ4n) is 3.50. The predicted molar refractivity (Wildman–Crippen MR) is 116 cm³/mol. The molecule has 1 nitrogen and oxygen atoms in total. The van der Waals surface area contributed by atoms with E-state index in [1.54, 1.807) is 18.2 Å². The van der Waals surface area contributed by atoms with Crippen molar-refractivity contribution in [1.82, 2.24) is 0 Å². The minimum Gasteiger partial charge on any atom is -0.435 e. The molecule has 0 aliphatic rings. The second kappa shape index (κ2) is 10.9. The zero-order chi connectivity index (χ0) is 21.3. The third-order valence-corrected chi connectivity index (χ3v) is 5.24. The van der Waals surface area contributed by atoms with Crippen molar-refractivity contribution in [2.24, 2.45) is 0 Å². The molecule has 0 atom stereocenters. The molecule has 0 aliphatic carbocycles. The molecule has 0 saturated carbocycles. The van der Waals surface area contributed by atoms with Crippen molar-refractivity contribution in [1.29, 1.82) is 0 Å². The molecule has 0 aliphatic heterocycles. The Bertz CT molecular complexity index is 918. The summed E-state index contributed by atoms with van der Waals surface area (Å²) in [5, 5.41) is 0. The van der Waals surface area contributed by atoms with Crippen LogP contribution in [0.1, 0.15) is 42.9 Å². The quantitative estimate of drug-likeness (QED) is 0.311. The van der Waals surface area contributed by atoms with Gasteiger partial charge in [-0.15, -0.1) is 0 Å². The van der Waals surface area contributed by atoms with Gasteiger partial charge in [0, 0.05) is 0 Å². The molecule has 158 valence electrons. The summed E-state index contributed by atoms with van der Waals surface area (Å²) in [4.78, 5) is 0. The molecule has 0 amide bonds.